The van der Waals surface area contributed by atoms with E-state index < -0.39 is 11.4 Å². The molecule has 0 aromatic heterocycles. The van der Waals surface area contributed by atoms with Gasteiger partial charge >= 0.3 is 5.97 Å². The maximum absolute atomic E-state index is 11.3. The van der Waals surface area contributed by atoms with Crippen LogP contribution in [0.2, 0.25) is 0 Å². The largest absolute Gasteiger partial charge is 0.497 e. The number of carboxylic acid groups (broad SMARTS) is 1. The number of allylic oxidation sites excluding steroid dienone is 1. The number of hydrogen-bond acceptors (Lipinski definition) is 2. The van der Waals surface area contributed by atoms with Gasteiger partial charge in [-0.1, -0.05) is 12.1 Å². The highest BCUT2D eigenvalue weighted by Gasteiger charge is 2.35. The molecule has 2 rings (SSSR count). The number of benzene rings is 1. The number of carboxylic acids is 1. The van der Waals surface area contributed by atoms with Gasteiger partial charge in [-0.15, -0.1) is 0 Å². The number of rotatable bonds is 3. The van der Waals surface area contributed by atoms with Gasteiger partial charge in [0.25, 0.3) is 0 Å². The van der Waals surface area contributed by atoms with Crippen LogP contribution in [0.5, 0.6) is 5.75 Å². The first-order valence-corrected chi connectivity index (χ1v) is 5.58. The Bertz CT molecular complexity index is 498. The van der Waals surface area contributed by atoms with Gasteiger partial charge in [-0.05, 0) is 49.1 Å². The molecule has 90 valence electrons. The fraction of sp³-hybridized carbons (Fsp3) is 0.357. The molecule has 0 spiro atoms. The molecule has 0 unspecified atom stereocenters. The van der Waals surface area contributed by atoms with Crippen molar-refractivity contribution in [2.45, 2.75) is 20.3 Å². The predicted molar refractivity (Wildman–Crippen MR) is 66.1 cm³/mol. The summed E-state index contributed by atoms with van der Waals surface area (Å²) in [7, 11) is 1.61. The zero-order valence-corrected chi connectivity index (χ0v) is 10.3. The van der Waals surface area contributed by atoms with Crippen molar-refractivity contribution in [1.82, 2.24) is 0 Å². The first-order valence-electron chi connectivity index (χ1n) is 5.58. The lowest BCUT2D eigenvalue weighted by molar-refractivity contribution is -0.143. The average Bonchev–Trinajstić information content (AvgIpc) is 2.71. The third-order valence-corrected chi connectivity index (χ3v) is 3.34. The molecular formula is C14H16O3. The molecule has 0 heterocycles. The van der Waals surface area contributed by atoms with Crippen LogP contribution < -0.4 is 4.74 Å². The summed E-state index contributed by atoms with van der Waals surface area (Å²) < 4.78 is 5.19. The van der Waals surface area contributed by atoms with Crippen LogP contribution in [-0.4, -0.2) is 18.2 Å². The topological polar surface area (TPSA) is 46.5 Å². The molecule has 0 saturated carbocycles. The van der Waals surface area contributed by atoms with E-state index in [2.05, 4.69) is 0 Å². The summed E-state index contributed by atoms with van der Waals surface area (Å²) in [5.41, 5.74) is 2.17. The molecule has 0 radical (unpaired) electrons. The molecule has 0 aliphatic heterocycles. The zero-order chi connectivity index (χ0) is 12.6. The molecule has 0 fully saturated rings. The van der Waals surface area contributed by atoms with Crippen LogP contribution in [-0.2, 0) is 11.2 Å². The number of methoxy groups -OCH3 is 1. The van der Waals surface area contributed by atoms with Crippen LogP contribution >= 0.6 is 0 Å². The van der Waals surface area contributed by atoms with Gasteiger partial charge in [0.05, 0.1) is 12.5 Å². The first kappa shape index (κ1) is 11.7. The fourth-order valence-corrected chi connectivity index (χ4v) is 2.14. The fourth-order valence-electron chi connectivity index (χ4n) is 2.14. The maximum atomic E-state index is 11.3. The van der Waals surface area contributed by atoms with E-state index in [0.717, 1.165) is 28.9 Å². The van der Waals surface area contributed by atoms with Crippen molar-refractivity contribution in [2.75, 3.05) is 7.11 Å². The van der Waals surface area contributed by atoms with E-state index >= 15 is 0 Å². The minimum absolute atomic E-state index is 0.762. The molecule has 0 bridgehead atoms. The van der Waals surface area contributed by atoms with Crippen LogP contribution in [0, 0.1) is 5.41 Å². The standard InChI is InChI=1S/C14H16O3/c1-14(2,13(15)16)12-7-5-9-4-6-10(17-3)8-11(9)12/h4,6-8H,5H2,1-3H3,(H,15,16). The molecule has 17 heavy (non-hydrogen) atoms. The molecule has 0 atom stereocenters. The lowest BCUT2D eigenvalue weighted by Crippen LogP contribution is -2.24. The second-order valence-electron chi connectivity index (χ2n) is 4.78. The highest BCUT2D eigenvalue weighted by molar-refractivity contribution is 5.93. The molecule has 0 amide bonds. The summed E-state index contributed by atoms with van der Waals surface area (Å²) in [6.07, 6.45) is 2.80. The van der Waals surface area contributed by atoms with Gasteiger partial charge in [0.15, 0.2) is 0 Å². The molecule has 1 aliphatic carbocycles. The number of hydrogen-bond donors (Lipinski definition) is 1. The summed E-state index contributed by atoms with van der Waals surface area (Å²) in [4.78, 5) is 11.3. The SMILES string of the molecule is COc1ccc2c(c1)C(C(C)(C)C(=O)O)=CC2. The Kier molecular flexibility index (Phi) is 2.69. The molecule has 1 aromatic carbocycles. The zero-order valence-electron chi connectivity index (χ0n) is 10.3. The minimum Gasteiger partial charge on any atom is -0.497 e. The summed E-state index contributed by atoms with van der Waals surface area (Å²) >= 11 is 0. The number of fused-ring (bicyclic) bond motifs is 1. The van der Waals surface area contributed by atoms with Gasteiger partial charge in [-0.2, -0.15) is 0 Å². The third-order valence-electron chi connectivity index (χ3n) is 3.34. The van der Waals surface area contributed by atoms with Gasteiger partial charge in [-0.3, -0.25) is 4.79 Å². The summed E-state index contributed by atoms with van der Waals surface area (Å²) in [5, 5.41) is 9.28. The highest BCUT2D eigenvalue weighted by Crippen LogP contribution is 2.41. The van der Waals surface area contributed by atoms with E-state index in [-0.39, 0.29) is 0 Å². The van der Waals surface area contributed by atoms with Crippen LogP contribution in [0.1, 0.15) is 25.0 Å². The van der Waals surface area contributed by atoms with Crippen molar-refractivity contribution in [1.29, 1.82) is 0 Å². The van der Waals surface area contributed by atoms with Crippen molar-refractivity contribution in [3.8, 4) is 5.75 Å². The van der Waals surface area contributed by atoms with Gasteiger partial charge < -0.3 is 9.84 Å². The number of carbonyl (C=O) groups is 1. The van der Waals surface area contributed by atoms with Crippen molar-refractivity contribution in [3.05, 3.63) is 35.4 Å². The average molecular weight is 232 g/mol. The molecule has 0 saturated heterocycles. The van der Waals surface area contributed by atoms with Crippen LogP contribution in [0.25, 0.3) is 5.57 Å². The molecule has 3 nitrogen and oxygen atoms in total. The van der Waals surface area contributed by atoms with Crippen LogP contribution in [0.4, 0.5) is 0 Å². The minimum atomic E-state index is -0.863. The second-order valence-corrected chi connectivity index (χ2v) is 4.78. The molecule has 1 N–H and O–H groups in total. The van der Waals surface area contributed by atoms with E-state index in [1.807, 2.05) is 24.3 Å². The van der Waals surface area contributed by atoms with Gasteiger partial charge in [0.2, 0.25) is 0 Å². The molecule has 1 aromatic rings. The Hall–Kier alpha value is -1.77. The van der Waals surface area contributed by atoms with E-state index in [0.29, 0.717) is 0 Å². The Morgan fingerprint density at radius 3 is 2.71 bits per heavy atom. The first-order chi connectivity index (χ1) is 7.96. The Labute approximate surface area is 101 Å². The van der Waals surface area contributed by atoms with Crippen molar-refractivity contribution in [3.63, 3.8) is 0 Å². The predicted octanol–water partition coefficient (Wildman–Crippen LogP) is 2.75. The van der Waals surface area contributed by atoms with Gasteiger partial charge in [0.1, 0.15) is 5.75 Å². The highest BCUT2D eigenvalue weighted by atomic mass is 16.5. The van der Waals surface area contributed by atoms with Gasteiger partial charge in [-0.25, -0.2) is 0 Å². The molecule has 3 heteroatoms. The number of aliphatic carboxylic acids is 1. The summed E-state index contributed by atoms with van der Waals surface area (Å²) in [5.74, 6) is -0.0443. The van der Waals surface area contributed by atoms with E-state index in [1.165, 1.54) is 0 Å². The summed E-state index contributed by atoms with van der Waals surface area (Å²) in [6.45, 7) is 3.46. The normalized spacial score (nSPS) is 14.2. The smallest absolute Gasteiger partial charge is 0.313 e. The maximum Gasteiger partial charge on any atom is 0.313 e. The quantitative estimate of drug-likeness (QED) is 0.871. The van der Waals surface area contributed by atoms with Gasteiger partial charge in [0, 0.05) is 0 Å². The van der Waals surface area contributed by atoms with Crippen molar-refractivity contribution >= 4 is 11.5 Å². The Morgan fingerprint density at radius 1 is 1.41 bits per heavy atom. The van der Waals surface area contributed by atoms with Crippen LogP contribution in [0.15, 0.2) is 24.3 Å². The van der Waals surface area contributed by atoms with E-state index in [9.17, 15) is 9.90 Å². The van der Waals surface area contributed by atoms with E-state index in [1.54, 1.807) is 21.0 Å². The Balaban J connectivity index is 2.48. The molecular weight excluding hydrogens is 216 g/mol. The second kappa shape index (κ2) is 3.91. The molecule has 1 aliphatic rings. The van der Waals surface area contributed by atoms with Crippen LogP contribution in [0.3, 0.4) is 0 Å². The Morgan fingerprint density at radius 2 is 2.12 bits per heavy atom. The number of ether oxygens (including phenoxy) is 1. The van der Waals surface area contributed by atoms with Crippen molar-refractivity contribution < 1.29 is 14.6 Å². The van der Waals surface area contributed by atoms with E-state index in [4.69, 9.17) is 4.74 Å². The monoisotopic (exact) mass is 232 g/mol. The lowest BCUT2D eigenvalue weighted by Gasteiger charge is -2.22. The lowest BCUT2D eigenvalue weighted by atomic mass is 9.81. The van der Waals surface area contributed by atoms with Crippen molar-refractivity contribution in [2.24, 2.45) is 5.41 Å². The third kappa shape index (κ3) is 1.82. The summed E-state index contributed by atoms with van der Waals surface area (Å²) in [6, 6.07) is 5.82.